The van der Waals surface area contributed by atoms with E-state index in [1.165, 1.54) is 6.07 Å². The van der Waals surface area contributed by atoms with E-state index >= 15 is 0 Å². The summed E-state index contributed by atoms with van der Waals surface area (Å²) in [5, 5.41) is 7.38. The van der Waals surface area contributed by atoms with Gasteiger partial charge in [-0.3, -0.25) is 0 Å². The van der Waals surface area contributed by atoms with Crippen molar-refractivity contribution < 1.29 is 13.2 Å². The fourth-order valence-corrected chi connectivity index (χ4v) is 2.02. The molecule has 0 atom stereocenters. The van der Waals surface area contributed by atoms with Gasteiger partial charge >= 0.3 is 6.18 Å². The summed E-state index contributed by atoms with van der Waals surface area (Å²) in [6.45, 7) is 1.56. The molecule has 18 heavy (non-hydrogen) atoms. The average Bonchev–Trinajstić information content (AvgIpc) is 2.88. The van der Waals surface area contributed by atoms with Crippen LogP contribution in [0.5, 0.6) is 0 Å². The summed E-state index contributed by atoms with van der Waals surface area (Å²) in [4.78, 5) is 0. The van der Waals surface area contributed by atoms with Crippen LogP contribution in [0.15, 0.2) is 30.3 Å². The van der Waals surface area contributed by atoms with Crippen LogP contribution in [-0.2, 0) is 12.7 Å². The highest BCUT2D eigenvalue weighted by molar-refractivity contribution is 5.64. The number of nitrogens with zero attached hydrogens (tertiary/aromatic N) is 2. The zero-order chi connectivity index (χ0) is 12.8. The van der Waals surface area contributed by atoms with Gasteiger partial charge in [-0.15, -0.1) is 0 Å². The van der Waals surface area contributed by atoms with Gasteiger partial charge in [0, 0.05) is 18.2 Å². The van der Waals surface area contributed by atoms with E-state index in [4.69, 9.17) is 0 Å². The summed E-state index contributed by atoms with van der Waals surface area (Å²) in [5.41, 5.74) is 0.387. The Hall–Kier alpha value is -1.98. The first-order valence-electron chi connectivity index (χ1n) is 5.53. The SMILES string of the molecule is FC(F)(F)c1cccc(-c2cc3n(n2)CCN3)c1. The quantitative estimate of drug-likeness (QED) is 0.846. The lowest BCUT2D eigenvalue weighted by Gasteiger charge is -2.07. The van der Waals surface area contributed by atoms with Gasteiger partial charge in [-0.1, -0.05) is 12.1 Å². The number of anilines is 1. The minimum atomic E-state index is -4.32. The lowest BCUT2D eigenvalue weighted by molar-refractivity contribution is -0.137. The fraction of sp³-hybridized carbons (Fsp3) is 0.250. The first-order valence-corrected chi connectivity index (χ1v) is 5.53. The standard InChI is InChI=1S/C12H10F3N3/c13-12(14,15)9-3-1-2-8(6-9)10-7-11-16-4-5-18(11)17-10/h1-3,6-7,16H,4-5H2. The van der Waals surface area contributed by atoms with Crippen molar-refractivity contribution in [2.75, 3.05) is 11.9 Å². The predicted octanol–water partition coefficient (Wildman–Crippen LogP) is 2.99. The van der Waals surface area contributed by atoms with Gasteiger partial charge < -0.3 is 5.32 Å². The Balaban J connectivity index is 2.01. The second kappa shape index (κ2) is 3.76. The molecule has 0 radical (unpaired) electrons. The lowest BCUT2D eigenvalue weighted by Crippen LogP contribution is -2.04. The third-order valence-corrected chi connectivity index (χ3v) is 2.90. The Kier molecular flexibility index (Phi) is 2.33. The zero-order valence-corrected chi connectivity index (χ0v) is 9.33. The number of nitrogens with one attached hydrogen (secondary N) is 1. The molecule has 3 rings (SSSR count). The van der Waals surface area contributed by atoms with Crippen molar-refractivity contribution >= 4 is 5.82 Å². The highest BCUT2D eigenvalue weighted by atomic mass is 19.4. The smallest absolute Gasteiger partial charge is 0.368 e. The van der Waals surface area contributed by atoms with E-state index in [0.29, 0.717) is 11.3 Å². The van der Waals surface area contributed by atoms with Gasteiger partial charge in [0.15, 0.2) is 0 Å². The summed E-state index contributed by atoms with van der Waals surface area (Å²) in [6.07, 6.45) is -4.32. The number of fused-ring (bicyclic) bond motifs is 1. The molecular formula is C12H10F3N3. The second-order valence-corrected chi connectivity index (χ2v) is 4.14. The summed E-state index contributed by atoms with van der Waals surface area (Å²) in [7, 11) is 0. The average molecular weight is 253 g/mol. The van der Waals surface area contributed by atoms with Gasteiger partial charge in [-0.05, 0) is 12.1 Å². The summed E-state index contributed by atoms with van der Waals surface area (Å²) >= 11 is 0. The minimum absolute atomic E-state index is 0.480. The molecule has 6 heteroatoms. The molecule has 0 amide bonds. The van der Waals surface area contributed by atoms with Crippen LogP contribution in [0.1, 0.15) is 5.56 Å². The highest BCUT2D eigenvalue weighted by Crippen LogP contribution is 2.32. The van der Waals surface area contributed by atoms with Gasteiger partial charge in [0.25, 0.3) is 0 Å². The zero-order valence-electron chi connectivity index (χ0n) is 9.33. The third-order valence-electron chi connectivity index (χ3n) is 2.90. The molecule has 0 bridgehead atoms. The first-order chi connectivity index (χ1) is 8.54. The number of rotatable bonds is 1. The number of hydrogen-bond acceptors (Lipinski definition) is 2. The van der Waals surface area contributed by atoms with Gasteiger partial charge in [0.2, 0.25) is 0 Å². The van der Waals surface area contributed by atoms with Crippen LogP contribution in [0.2, 0.25) is 0 Å². The number of halogens is 3. The Morgan fingerprint density at radius 3 is 2.78 bits per heavy atom. The third kappa shape index (κ3) is 1.83. The number of hydrogen-bond donors (Lipinski definition) is 1. The summed E-state index contributed by atoms with van der Waals surface area (Å²) in [5.74, 6) is 0.849. The maximum absolute atomic E-state index is 12.6. The largest absolute Gasteiger partial charge is 0.416 e. The maximum Gasteiger partial charge on any atom is 0.416 e. The van der Waals surface area contributed by atoms with Crippen LogP contribution in [0.3, 0.4) is 0 Å². The molecular weight excluding hydrogens is 243 g/mol. The molecule has 94 valence electrons. The number of alkyl halides is 3. The predicted molar refractivity (Wildman–Crippen MR) is 61.2 cm³/mol. The first kappa shape index (κ1) is 11.1. The van der Waals surface area contributed by atoms with Crippen LogP contribution >= 0.6 is 0 Å². The Labute approximate surface area is 101 Å². The van der Waals surface area contributed by atoms with Crippen LogP contribution in [-0.4, -0.2) is 16.3 Å². The van der Waals surface area contributed by atoms with Crippen LogP contribution in [0, 0.1) is 0 Å². The molecule has 0 aliphatic carbocycles. The van der Waals surface area contributed by atoms with E-state index < -0.39 is 11.7 Å². The second-order valence-electron chi connectivity index (χ2n) is 4.14. The van der Waals surface area contributed by atoms with Crippen molar-refractivity contribution in [1.29, 1.82) is 0 Å². The van der Waals surface area contributed by atoms with Crippen molar-refractivity contribution in [3.8, 4) is 11.3 Å². The summed E-state index contributed by atoms with van der Waals surface area (Å²) < 4.78 is 39.6. The molecule has 3 nitrogen and oxygen atoms in total. The van der Waals surface area contributed by atoms with E-state index in [0.717, 1.165) is 31.0 Å². The van der Waals surface area contributed by atoms with Gasteiger partial charge in [-0.2, -0.15) is 18.3 Å². The monoisotopic (exact) mass is 253 g/mol. The molecule has 1 N–H and O–H groups in total. The fourth-order valence-electron chi connectivity index (χ4n) is 2.02. The molecule has 0 saturated carbocycles. The van der Waals surface area contributed by atoms with Crippen molar-refractivity contribution in [3.05, 3.63) is 35.9 Å². The molecule has 0 spiro atoms. The molecule has 2 heterocycles. The van der Waals surface area contributed by atoms with Gasteiger partial charge in [0.05, 0.1) is 17.8 Å². The van der Waals surface area contributed by atoms with E-state index in [9.17, 15) is 13.2 Å². The Morgan fingerprint density at radius 1 is 1.22 bits per heavy atom. The minimum Gasteiger partial charge on any atom is -0.368 e. The van der Waals surface area contributed by atoms with E-state index in [-0.39, 0.29) is 0 Å². The molecule has 0 saturated heterocycles. The van der Waals surface area contributed by atoms with Gasteiger partial charge in [0.1, 0.15) is 5.82 Å². The molecule has 1 aromatic carbocycles. The van der Waals surface area contributed by atoms with Crippen molar-refractivity contribution in [2.45, 2.75) is 12.7 Å². The Morgan fingerprint density at radius 2 is 2.06 bits per heavy atom. The molecule has 1 aliphatic heterocycles. The van der Waals surface area contributed by atoms with E-state index in [1.54, 1.807) is 16.8 Å². The molecule has 0 fully saturated rings. The topological polar surface area (TPSA) is 29.9 Å². The van der Waals surface area contributed by atoms with E-state index in [1.807, 2.05) is 0 Å². The molecule has 2 aromatic rings. The maximum atomic E-state index is 12.6. The van der Waals surface area contributed by atoms with Crippen molar-refractivity contribution in [2.24, 2.45) is 0 Å². The molecule has 0 unspecified atom stereocenters. The number of benzene rings is 1. The molecule has 1 aliphatic rings. The van der Waals surface area contributed by atoms with Crippen molar-refractivity contribution in [3.63, 3.8) is 0 Å². The van der Waals surface area contributed by atoms with Crippen LogP contribution in [0.25, 0.3) is 11.3 Å². The Bertz CT molecular complexity index is 565. The number of aromatic nitrogens is 2. The van der Waals surface area contributed by atoms with Crippen LogP contribution < -0.4 is 5.32 Å². The van der Waals surface area contributed by atoms with E-state index in [2.05, 4.69) is 10.4 Å². The molecule has 1 aromatic heterocycles. The summed E-state index contributed by atoms with van der Waals surface area (Å²) in [6, 6.07) is 6.98. The van der Waals surface area contributed by atoms with Crippen molar-refractivity contribution in [1.82, 2.24) is 9.78 Å². The lowest BCUT2D eigenvalue weighted by atomic mass is 10.1. The highest BCUT2D eigenvalue weighted by Gasteiger charge is 2.30. The van der Waals surface area contributed by atoms with Gasteiger partial charge in [-0.25, -0.2) is 4.68 Å². The van der Waals surface area contributed by atoms with Crippen LogP contribution in [0.4, 0.5) is 19.0 Å². The normalized spacial score (nSPS) is 14.4.